The highest BCUT2D eigenvalue weighted by molar-refractivity contribution is 14.1. The number of benzene rings is 1. The van der Waals surface area contributed by atoms with Crippen LogP contribution in [0.1, 0.15) is 6.42 Å². The van der Waals surface area contributed by atoms with Crippen LogP contribution in [0.3, 0.4) is 0 Å². The molecule has 1 atom stereocenters. The monoisotopic (exact) mass is 403 g/mol. The van der Waals surface area contributed by atoms with Gasteiger partial charge in [-0.05, 0) is 46.9 Å². The summed E-state index contributed by atoms with van der Waals surface area (Å²) in [5, 5.41) is 3.07. The number of anilines is 1. The van der Waals surface area contributed by atoms with Crippen LogP contribution < -0.4 is 5.32 Å². The van der Waals surface area contributed by atoms with Crippen molar-refractivity contribution in [2.75, 3.05) is 19.4 Å². The summed E-state index contributed by atoms with van der Waals surface area (Å²) in [5.41, 5.74) is 0.739. The van der Waals surface area contributed by atoms with E-state index in [-0.39, 0.29) is 23.5 Å². The summed E-state index contributed by atoms with van der Waals surface area (Å²) >= 11 is 3.53. The molecule has 0 radical (unpaired) electrons. The van der Waals surface area contributed by atoms with E-state index in [1.807, 2.05) is 24.3 Å². The minimum absolute atomic E-state index is 0.0756. The van der Waals surface area contributed by atoms with E-state index in [0.717, 1.165) is 9.26 Å². The number of aliphatic imine (C=N–C) groups is 1. The number of amides is 2. The molecule has 1 aliphatic rings. The fraction of sp³-hybridized carbons (Fsp3) is 0.308. The van der Waals surface area contributed by atoms with Crippen molar-refractivity contribution >= 4 is 57.0 Å². The van der Waals surface area contributed by atoms with Gasteiger partial charge in [0.2, 0.25) is 11.8 Å². The van der Waals surface area contributed by atoms with Crippen molar-refractivity contribution in [3.05, 3.63) is 27.8 Å². The Balaban J connectivity index is 1.95. The van der Waals surface area contributed by atoms with Gasteiger partial charge in [0.15, 0.2) is 5.17 Å². The molecule has 1 N–H and O–H groups in total. The molecule has 0 spiro atoms. The first-order valence-electron chi connectivity index (χ1n) is 5.97. The van der Waals surface area contributed by atoms with Crippen LogP contribution in [0.25, 0.3) is 0 Å². The Hall–Kier alpha value is -1.09. The molecule has 0 bridgehead atoms. The molecule has 1 aromatic carbocycles. The Labute approximate surface area is 135 Å². The zero-order chi connectivity index (χ0) is 14.7. The Morgan fingerprint density at radius 2 is 2.10 bits per heavy atom. The number of nitrogens with zero attached hydrogens (tertiary/aromatic N) is 2. The third-order valence-electron chi connectivity index (χ3n) is 2.83. The number of halogens is 1. The van der Waals surface area contributed by atoms with E-state index < -0.39 is 0 Å². The molecule has 5 nitrogen and oxygen atoms in total. The second-order valence-corrected chi connectivity index (χ2v) is 6.68. The molecule has 2 rings (SSSR count). The molecule has 0 saturated carbocycles. The molecule has 106 valence electrons. The Morgan fingerprint density at radius 3 is 2.65 bits per heavy atom. The third kappa shape index (κ3) is 3.51. The highest BCUT2D eigenvalue weighted by Gasteiger charge is 2.36. The fourth-order valence-corrected chi connectivity index (χ4v) is 3.27. The summed E-state index contributed by atoms with van der Waals surface area (Å²) in [5.74, 6) is -0.240. The van der Waals surface area contributed by atoms with Crippen molar-refractivity contribution in [3.63, 3.8) is 0 Å². The van der Waals surface area contributed by atoms with Crippen molar-refractivity contribution in [2.45, 2.75) is 11.7 Å². The molecule has 0 aliphatic carbocycles. The van der Waals surface area contributed by atoms with Gasteiger partial charge >= 0.3 is 0 Å². The first-order valence-corrected chi connectivity index (χ1v) is 7.93. The van der Waals surface area contributed by atoms with Crippen LogP contribution >= 0.6 is 34.4 Å². The Kier molecular flexibility index (Phi) is 5.03. The second-order valence-electron chi connectivity index (χ2n) is 4.27. The number of amidine groups is 1. The van der Waals surface area contributed by atoms with E-state index in [9.17, 15) is 9.59 Å². The molecular formula is C13H14IN3O2S. The van der Waals surface area contributed by atoms with E-state index in [2.05, 4.69) is 32.9 Å². The summed E-state index contributed by atoms with van der Waals surface area (Å²) in [4.78, 5) is 29.4. The number of hydrogen-bond donors (Lipinski definition) is 1. The molecule has 20 heavy (non-hydrogen) atoms. The number of hydrogen-bond acceptors (Lipinski definition) is 4. The number of rotatable bonds is 3. The summed E-state index contributed by atoms with van der Waals surface area (Å²) < 4.78 is 1.10. The van der Waals surface area contributed by atoms with Gasteiger partial charge in [-0.15, -0.1) is 0 Å². The number of thioether (sulfide) groups is 1. The summed E-state index contributed by atoms with van der Waals surface area (Å²) in [6.07, 6.45) is 0.152. The van der Waals surface area contributed by atoms with Crippen LogP contribution in [-0.4, -0.2) is 41.2 Å². The maximum atomic E-state index is 12.0. The molecular weight excluding hydrogens is 389 g/mol. The van der Waals surface area contributed by atoms with E-state index in [1.54, 1.807) is 14.1 Å². The van der Waals surface area contributed by atoms with Gasteiger partial charge in [-0.1, -0.05) is 11.8 Å². The van der Waals surface area contributed by atoms with Crippen molar-refractivity contribution < 1.29 is 9.59 Å². The zero-order valence-electron chi connectivity index (χ0n) is 11.1. The molecule has 2 amide bonds. The summed E-state index contributed by atoms with van der Waals surface area (Å²) in [6, 6.07) is 7.52. The Morgan fingerprint density at radius 1 is 1.45 bits per heavy atom. The lowest BCUT2D eigenvalue weighted by atomic mass is 10.2. The van der Waals surface area contributed by atoms with Gasteiger partial charge in [0.25, 0.3) is 0 Å². The lowest BCUT2D eigenvalue weighted by molar-refractivity contribution is -0.127. The lowest BCUT2D eigenvalue weighted by Crippen LogP contribution is -2.30. The minimum Gasteiger partial charge on any atom is -0.326 e. The second kappa shape index (κ2) is 6.57. The lowest BCUT2D eigenvalue weighted by Gasteiger charge is -2.09. The molecule has 0 unspecified atom stereocenters. The normalized spacial score (nSPS) is 20.6. The predicted molar refractivity (Wildman–Crippen MR) is 89.9 cm³/mol. The fourth-order valence-electron chi connectivity index (χ4n) is 1.81. The van der Waals surface area contributed by atoms with Gasteiger partial charge in [-0.25, -0.2) is 0 Å². The SMILES string of the molecule is CN=C1S[C@@H](CC(=O)Nc2ccc(I)cc2)C(=O)N1C. The topological polar surface area (TPSA) is 61.8 Å². The predicted octanol–water partition coefficient (Wildman–Crippen LogP) is 2.18. The van der Waals surface area contributed by atoms with Crippen molar-refractivity contribution in [1.29, 1.82) is 0 Å². The molecule has 1 aromatic rings. The smallest absolute Gasteiger partial charge is 0.242 e. The molecule has 7 heteroatoms. The van der Waals surface area contributed by atoms with Crippen LogP contribution in [0, 0.1) is 3.57 Å². The van der Waals surface area contributed by atoms with E-state index in [1.165, 1.54) is 16.7 Å². The standard InChI is InChI=1S/C13H14IN3O2S/c1-15-13-17(2)12(19)10(20-13)7-11(18)16-9-5-3-8(14)4-6-9/h3-6,10H,7H2,1-2H3,(H,16,18)/t10-/m0/s1. The van der Waals surface area contributed by atoms with E-state index in [0.29, 0.717) is 5.17 Å². The zero-order valence-corrected chi connectivity index (χ0v) is 14.1. The Bertz CT molecular complexity index is 559. The first-order chi connectivity index (χ1) is 9.51. The minimum atomic E-state index is -0.387. The average Bonchev–Trinajstić information content (AvgIpc) is 2.69. The van der Waals surface area contributed by atoms with Crippen LogP contribution in [0.2, 0.25) is 0 Å². The highest BCUT2D eigenvalue weighted by atomic mass is 127. The van der Waals surface area contributed by atoms with E-state index >= 15 is 0 Å². The molecule has 1 aliphatic heterocycles. The number of carbonyl (C=O) groups excluding carboxylic acids is 2. The van der Waals surface area contributed by atoms with Crippen LogP contribution in [0.5, 0.6) is 0 Å². The van der Waals surface area contributed by atoms with Gasteiger partial charge in [-0.2, -0.15) is 0 Å². The quantitative estimate of drug-likeness (QED) is 0.788. The average molecular weight is 403 g/mol. The summed E-state index contributed by atoms with van der Waals surface area (Å²) in [6.45, 7) is 0. The molecule has 1 fully saturated rings. The van der Waals surface area contributed by atoms with Crippen molar-refractivity contribution in [1.82, 2.24) is 4.90 Å². The van der Waals surface area contributed by atoms with Crippen LogP contribution in [-0.2, 0) is 9.59 Å². The number of nitrogens with one attached hydrogen (secondary N) is 1. The summed E-state index contributed by atoms with van der Waals surface area (Å²) in [7, 11) is 3.31. The maximum absolute atomic E-state index is 12.0. The highest BCUT2D eigenvalue weighted by Crippen LogP contribution is 2.28. The molecule has 0 aromatic heterocycles. The largest absolute Gasteiger partial charge is 0.326 e. The van der Waals surface area contributed by atoms with Gasteiger partial charge < -0.3 is 5.32 Å². The van der Waals surface area contributed by atoms with Gasteiger partial charge in [0.05, 0.1) is 0 Å². The van der Waals surface area contributed by atoms with Crippen LogP contribution in [0.4, 0.5) is 5.69 Å². The van der Waals surface area contributed by atoms with Crippen molar-refractivity contribution in [2.24, 2.45) is 4.99 Å². The van der Waals surface area contributed by atoms with Gasteiger partial charge in [0.1, 0.15) is 5.25 Å². The van der Waals surface area contributed by atoms with Crippen LogP contribution in [0.15, 0.2) is 29.3 Å². The van der Waals surface area contributed by atoms with Gasteiger partial charge in [0, 0.05) is 29.8 Å². The first kappa shape index (κ1) is 15.3. The van der Waals surface area contributed by atoms with Crippen molar-refractivity contribution in [3.8, 4) is 0 Å². The molecule has 1 heterocycles. The molecule has 1 saturated heterocycles. The third-order valence-corrected chi connectivity index (χ3v) is 4.87. The van der Waals surface area contributed by atoms with Gasteiger partial charge in [-0.3, -0.25) is 19.5 Å². The number of carbonyl (C=O) groups is 2. The van der Waals surface area contributed by atoms with E-state index in [4.69, 9.17) is 0 Å². The maximum Gasteiger partial charge on any atom is 0.242 e.